The number of benzene rings is 1. The summed E-state index contributed by atoms with van der Waals surface area (Å²) in [6.45, 7) is 7.53. The van der Waals surface area contributed by atoms with E-state index < -0.39 is 19.8 Å². The number of nitrogens with two attached hydrogens (primary N) is 1. The van der Waals surface area contributed by atoms with Gasteiger partial charge in [0.1, 0.15) is 11.4 Å². The quantitative estimate of drug-likeness (QED) is 0.578. The summed E-state index contributed by atoms with van der Waals surface area (Å²) in [5.41, 5.74) is 7.36. The number of nitrogens with zero attached hydrogens (tertiary/aromatic N) is 3. The van der Waals surface area contributed by atoms with Crippen LogP contribution in [0.25, 0.3) is 22.2 Å². The number of amidine groups is 1. The van der Waals surface area contributed by atoms with Crippen molar-refractivity contribution in [2.75, 3.05) is 5.75 Å². The van der Waals surface area contributed by atoms with Gasteiger partial charge < -0.3 is 10.2 Å². The van der Waals surface area contributed by atoms with E-state index in [-0.39, 0.29) is 5.75 Å². The maximum Gasteiger partial charge on any atom is 0.258 e. The van der Waals surface area contributed by atoms with Crippen LogP contribution in [-0.2, 0) is 15.1 Å². The highest BCUT2D eigenvalue weighted by Gasteiger charge is 2.46. The second kappa shape index (κ2) is 6.93. The fourth-order valence-electron chi connectivity index (χ4n) is 3.35. The van der Waals surface area contributed by atoms with Crippen molar-refractivity contribution < 1.29 is 8.63 Å². The third kappa shape index (κ3) is 3.36. The molecular formula is C21H23ClN4O2S2. The van der Waals surface area contributed by atoms with Crippen molar-refractivity contribution >= 4 is 44.2 Å². The van der Waals surface area contributed by atoms with Gasteiger partial charge in [-0.15, -0.1) is 21.5 Å². The summed E-state index contributed by atoms with van der Waals surface area (Å²) >= 11 is 7.96. The first kappa shape index (κ1) is 21.1. The highest BCUT2D eigenvalue weighted by Crippen LogP contribution is 2.45. The van der Waals surface area contributed by atoms with Crippen LogP contribution in [0, 0.1) is 6.92 Å². The smallest absolute Gasteiger partial charge is 0.258 e. The number of hydrogen-bond donors (Lipinski definition) is 1. The van der Waals surface area contributed by atoms with Crippen molar-refractivity contribution in [2.24, 2.45) is 10.7 Å². The predicted molar refractivity (Wildman–Crippen MR) is 126 cm³/mol. The van der Waals surface area contributed by atoms with Gasteiger partial charge in [0.2, 0.25) is 5.89 Å². The van der Waals surface area contributed by atoms with Crippen LogP contribution < -0.4 is 5.73 Å². The maximum atomic E-state index is 13.3. The Morgan fingerprint density at radius 1 is 1.20 bits per heavy atom. The molecule has 1 unspecified atom stereocenters. The molecule has 6 nitrogen and oxygen atoms in total. The molecule has 0 spiro atoms. The van der Waals surface area contributed by atoms with Gasteiger partial charge in [-0.1, -0.05) is 29.3 Å². The van der Waals surface area contributed by atoms with Crippen molar-refractivity contribution in [3.63, 3.8) is 0 Å². The molecule has 2 atom stereocenters. The zero-order valence-corrected chi connectivity index (χ0v) is 19.6. The van der Waals surface area contributed by atoms with Gasteiger partial charge in [-0.25, -0.2) is 0 Å². The summed E-state index contributed by atoms with van der Waals surface area (Å²) in [7, 11) is -2.53. The zero-order chi connectivity index (χ0) is 21.9. The second-order valence-corrected chi connectivity index (χ2v) is 12.7. The van der Waals surface area contributed by atoms with Crippen LogP contribution in [0.1, 0.15) is 31.2 Å². The number of aryl methyl sites for hydroxylation is 1. The van der Waals surface area contributed by atoms with E-state index in [0.717, 1.165) is 20.9 Å². The van der Waals surface area contributed by atoms with Crippen LogP contribution in [0.5, 0.6) is 0 Å². The number of halogens is 1. The van der Waals surface area contributed by atoms with Gasteiger partial charge >= 0.3 is 0 Å². The summed E-state index contributed by atoms with van der Waals surface area (Å²) in [6.07, 6.45) is 0. The minimum Gasteiger partial charge on any atom is -0.415 e. The van der Waals surface area contributed by atoms with E-state index >= 15 is 0 Å². The number of rotatable bonds is 3. The average Bonchev–Trinajstić information content (AvgIpc) is 3.27. The van der Waals surface area contributed by atoms with Crippen molar-refractivity contribution in [2.45, 2.75) is 38.0 Å². The predicted octanol–water partition coefficient (Wildman–Crippen LogP) is 4.51. The molecule has 0 saturated carbocycles. The van der Waals surface area contributed by atoms with Crippen molar-refractivity contribution in [3.8, 4) is 22.2 Å². The molecule has 1 aliphatic rings. The lowest BCUT2D eigenvalue weighted by Gasteiger charge is -2.40. The van der Waals surface area contributed by atoms with Gasteiger partial charge in [-0.2, -0.15) is 0 Å². The molecule has 4 rings (SSSR count). The fraction of sp³-hybridized carbons (Fsp3) is 0.333. The lowest BCUT2D eigenvalue weighted by Crippen LogP contribution is -2.54. The molecule has 3 heterocycles. The monoisotopic (exact) mass is 462 g/mol. The summed E-state index contributed by atoms with van der Waals surface area (Å²) in [4.78, 5) is 6.17. The Labute approximate surface area is 185 Å². The van der Waals surface area contributed by atoms with Gasteiger partial charge in [0.25, 0.3) is 5.89 Å². The maximum absolute atomic E-state index is 13.3. The second-order valence-electron chi connectivity index (χ2n) is 8.30. The molecule has 9 heteroatoms. The summed E-state index contributed by atoms with van der Waals surface area (Å²) in [5.74, 6) is 5.36. The Kier molecular flexibility index (Phi) is 4.87. The molecule has 0 radical (unpaired) electrons. The van der Waals surface area contributed by atoms with Crippen LogP contribution in [0.4, 0.5) is 0 Å². The van der Waals surface area contributed by atoms with E-state index in [1.54, 1.807) is 6.07 Å². The van der Waals surface area contributed by atoms with Gasteiger partial charge in [-0.3, -0.25) is 9.20 Å². The minimum absolute atomic E-state index is 0.256. The third-order valence-electron chi connectivity index (χ3n) is 5.54. The Balaban J connectivity index is 1.73. The fourth-order valence-corrected chi connectivity index (χ4v) is 6.90. The van der Waals surface area contributed by atoms with Crippen LogP contribution in [0.3, 0.4) is 0 Å². The van der Waals surface area contributed by atoms with E-state index in [1.165, 1.54) is 11.3 Å². The van der Waals surface area contributed by atoms with Crippen LogP contribution in [0.2, 0.25) is 5.02 Å². The molecule has 2 aromatic heterocycles. The molecule has 0 fully saturated rings. The molecular weight excluding hydrogens is 440 g/mol. The third-order valence-corrected chi connectivity index (χ3v) is 10.4. The highest BCUT2D eigenvalue weighted by molar-refractivity contribution is 8.02. The van der Waals surface area contributed by atoms with Crippen molar-refractivity contribution in [1.29, 1.82) is 0 Å². The van der Waals surface area contributed by atoms with E-state index in [0.29, 0.717) is 22.6 Å². The van der Waals surface area contributed by atoms with Gasteiger partial charge in [0.05, 0.1) is 19.5 Å². The van der Waals surface area contributed by atoms with Crippen molar-refractivity contribution in [3.05, 3.63) is 45.8 Å². The molecule has 0 bridgehead atoms. The summed E-state index contributed by atoms with van der Waals surface area (Å²) in [5, 5.41) is 8.84. The number of aromatic nitrogens is 2. The van der Waals surface area contributed by atoms with E-state index in [1.807, 2.05) is 52.0 Å². The Morgan fingerprint density at radius 2 is 1.83 bits per heavy atom. The summed E-state index contributed by atoms with van der Waals surface area (Å²) < 4.78 is 18.4. The average molecular weight is 463 g/mol. The lowest BCUT2D eigenvalue weighted by molar-refractivity contribution is 0.543. The SMILES string of the molecule is C=S1(=O)C[C@@](C)(c2sc(-c3nnc(-c4ccc(C)cc4)o3)cc2Cl)N=C(N)C1(C)C. The Bertz CT molecular complexity index is 1260. The molecule has 2 N–H and O–H groups in total. The first-order valence-electron chi connectivity index (χ1n) is 9.34. The van der Waals surface area contributed by atoms with Crippen LogP contribution in [-0.4, -0.2) is 36.6 Å². The molecule has 1 aliphatic heterocycles. The first-order chi connectivity index (χ1) is 13.9. The van der Waals surface area contributed by atoms with Gasteiger partial charge in [0.15, 0.2) is 0 Å². The normalized spacial score (nSPS) is 25.8. The van der Waals surface area contributed by atoms with E-state index in [2.05, 4.69) is 16.1 Å². The topological polar surface area (TPSA) is 94.4 Å². The molecule has 0 saturated heterocycles. The highest BCUT2D eigenvalue weighted by atomic mass is 35.5. The molecule has 1 aromatic carbocycles. The first-order valence-corrected chi connectivity index (χ1v) is 12.4. The standard InChI is InChI=1S/C21H23ClN4O2S2/c1-12-6-8-13(9-7-12)17-25-26-18(28-17)15-10-14(22)16(29-15)21(4)11-30(5,27)20(2,3)19(23)24-21/h6-10H,5,11H2,1-4H3,(H2,23,24)/t21-,30?/m0/s1. The van der Waals surface area contributed by atoms with E-state index in [9.17, 15) is 4.21 Å². The molecule has 0 amide bonds. The van der Waals surface area contributed by atoms with Gasteiger partial charge in [0, 0.05) is 11.3 Å². The summed E-state index contributed by atoms with van der Waals surface area (Å²) in [6, 6.07) is 9.63. The number of thiophene rings is 1. The van der Waals surface area contributed by atoms with Crippen LogP contribution >= 0.6 is 22.9 Å². The molecule has 0 aliphatic carbocycles. The molecule has 3 aromatic rings. The number of aliphatic imine (C=N–C) groups is 1. The van der Waals surface area contributed by atoms with Crippen molar-refractivity contribution in [1.82, 2.24) is 10.2 Å². The number of hydrogen-bond acceptors (Lipinski definition) is 7. The molecule has 30 heavy (non-hydrogen) atoms. The van der Waals surface area contributed by atoms with Gasteiger partial charge in [-0.05, 0) is 61.3 Å². The van der Waals surface area contributed by atoms with E-state index in [4.69, 9.17) is 26.7 Å². The molecule has 158 valence electrons. The lowest BCUT2D eigenvalue weighted by atomic mass is 10.0. The Morgan fingerprint density at radius 3 is 2.47 bits per heavy atom. The largest absolute Gasteiger partial charge is 0.415 e. The zero-order valence-electron chi connectivity index (χ0n) is 17.2. The minimum atomic E-state index is -2.53. The van der Waals surface area contributed by atoms with Crippen LogP contribution in [0.15, 0.2) is 39.7 Å². The Hall–Kier alpha value is -2.16.